The molecule has 0 spiro atoms. The number of para-hydroxylation sites is 2. The largest absolute Gasteiger partial charge is 0.308 e. The summed E-state index contributed by atoms with van der Waals surface area (Å²) in [7, 11) is -3.83. The molecule has 0 bridgehead atoms. The first-order chi connectivity index (χ1) is 13.9. The van der Waals surface area contributed by atoms with Gasteiger partial charge in [0.2, 0.25) is 0 Å². The van der Waals surface area contributed by atoms with E-state index in [1.165, 1.54) is 6.07 Å². The minimum Gasteiger partial charge on any atom is -0.308 e. The SMILES string of the molecule is Cc1ccccc1NS(=O)(=O)c1cc(C(=O)N2CCc3ccccc32)ccc1C. The molecule has 3 aromatic carbocycles. The van der Waals surface area contributed by atoms with Crippen LogP contribution in [0.25, 0.3) is 0 Å². The third-order valence-corrected chi connectivity index (χ3v) is 6.75. The van der Waals surface area contributed by atoms with Gasteiger partial charge in [0.05, 0.1) is 10.6 Å². The number of hydrogen-bond acceptors (Lipinski definition) is 3. The summed E-state index contributed by atoms with van der Waals surface area (Å²) in [5.41, 5.74) is 4.32. The number of anilines is 2. The molecule has 0 unspecified atom stereocenters. The molecule has 0 aliphatic carbocycles. The zero-order valence-electron chi connectivity index (χ0n) is 16.3. The van der Waals surface area contributed by atoms with Crippen molar-refractivity contribution in [1.29, 1.82) is 0 Å². The fourth-order valence-electron chi connectivity index (χ4n) is 3.61. The molecule has 1 aliphatic heterocycles. The summed E-state index contributed by atoms with van der Waals surface area (Å²) in [4.78, 5) is 14.9. The van der Waals surface area contributed by atoms with Gasteiger partial charge in [0.15, 0.2) is 0 Å². The van der Waals surface area contributed by atoms with Crippen molar-refractivity contribution < 1.29 is 13.2 Å². The van der Waals surface area contributed by atoms with Crippen molar-refractivity contribution in [3.05, 3.63) is 89.0 Å². The minimum absolute atomic E-state index is 0.110. The van der Waals surface area contributed by atoms with Crippen LogP contribution in [0.4, 0.5) is 11.4 Å². The van der Waals surface area contributed by atoms with Gasteiger partial charge in [0.25, 0.3) is 15.9 Å². The van der Waals surface area contributed by atoms with Gasteiger partial charge in [-0.25, -0.2) is 8.42 Å². The second kappa shape index (κ2) is 7.37. The molecule has 0 atom stereocenters. The Kier molecular flexibility index (Phi) is 4.88. The van der Waals surface area contributed by atoms with Gasteiger partial charge in [-0.15, -0.1) is 0 Å². The van der Waals surface area contributed by atoms with E-state index in [9.17, 15) is 13.2 Å². The summed E-state index contributed by atoms with van der Waals surface area (Å²) in [6.45, 7) is 4.16. The molecule has 0 aromatic heterocycles. The number of carbonyl (C=O) groups is 1. The third-order valence-electron chi connectivity index (χ3n) is 5.25. The van der Waals surface area contributed by atoms with Gasteiger partial charge in [-0.2, -0.15) is 0 Å². The second-order valence-electron chi connectivity index (χ2n) is 7.24. The maximum Gasteiger partial charge on any atom is 0.262 e. The summed E-state index contributed by atoms with van der Waals surface area (Å²) in [5.74, 6) is -0.192. The molecule has 29 heavy (non-hydrogen) atoms. The first-order valence-electron chi connectivity index (χ1n) is 9.46. The summed E-state index contributed by atoms with van der Waals surface area (Å²) in [6, 6.07) is 19.8. The fraction of sp³-hybridized carbons (Fsp3) is 0.174. The van der Waals surface area contributed by atoms with E-state index >= 15 is 0 Å². The van der Waals surface area contributed by atoms with Gasteiger partial charge in [-0.05, 0) is 61.2 Å². The van der Waals surface area contributed by atoms with E-state index in [0.717, 1.165) is 23.2 Å². The third kappa shape index (κ3) is 3.63. The number of sulfonamides is 1. The van der Waals surface area contributed by atoms with Crippen LogP contribution in [0.5, 0.6) is 0 Å². The molecular weight excluding hydrogens is 384 g/mol. The van der Waals surface area contributed by atoms with Crippen molar-refractivity contribution in [3.8, 4) is 0 Å². The molecule has 148 valence electrons. The molecule has 4 rings (SSSR count). The lowest BCUT2D eigenvalue weighted by molar-refractivity contribution is 0.0989. The maximum absolute atomic E-state index is 13.1. The average molecular weight is 407 g/mol. The van der Waals surface area contributed by atoms with E-state index in [4.69, 9.17) is 0 Å². The number of amides is 1. The van der Waals surface area contributed by atoms with E-state index < -0.39 is 10.0 Å². The highest BCUT2D eigenvalue weighted by Crippen LogP contribution is 2.30. The zero-order chi connectivity index (χ0) is 20.6. The lowest BCUT2D eigenvalue weighted by Crippen LogP contribution is -2.29. The molecule has 1 amide bonds. The highest BCUT2D eigenvalue weighted by Gasteiger charge is 2.27. The number of rotatable bonds is 4. The van der Waals surface area contributed by atoms with Gasteiger partial charge in [0.1, 0.15) is 0 Å². The van der Waals surface area contributed by atoms with Crippen LogP contribution in [-0.2, 0) is 16.4 Å². The standard InChI is InChI=1S/C23H22N2O3S/c1-16-7-3-5-9-20(16)24-29(27,28)22-15-19(12-11-17(22)2)23(26)25-14-13-18-8-4-6-10-21(18)25/h3-12,15,24H,13-14H2,1-2H3. The average Bonchev–Trinajstić information content (AvgIpc) is 3.13. The monoisotopic (exact) mass is 406 g/mol. The summed E-state index contributed by atoms with van der Waals surface area (Å²) in [6.07, 6.45) is 0.799. The van der Waals surface area contributed by atoms with Gasteiger partial charge < -0.3 is 4.90 Å². The molecule has 0 saturated carbocycles. The molecule has 6 heteroatoms. The van der Waals surface area contributed by atoms with Gasteiger partial charge in [-0.3, -0.25) is 9.52 Å². The molecule has 1 N–H and O–H groups in total. The van der Waals surface area contributed by atoms with E-state index in [1.54, 1.807) is 36.1 Å². The van der Waals surface area contributed by atoms with Crippen LogP contribution in [0.1, 0.15) is 27.0 Å². The number of benzene rings is 3. The molecule has 0 radical (unpaired) electrons. The van der Waals surface area contributed by atoms with Crippen molar-refractivity contribution in [3.63, 3.8) is 0 Å². The molecule has 3 aromatic rings. The highest BCUT2D eigenvalue weighted by atomic mass is 32.2. The Labute approximate surface area is 171 Å². The van der Waals surface area contributed by atoms with Crippen LogP contribution >= 0.6 is 0 Å². The van der Waals surface area contributed by atoms with Crippen molar-refractivity contribution in [2.75, 3.05) is 16.2 Å². The van der Waals surface area contributed by atoms with Crippen molar-refractivity contribution >= 4 is 27.3 Å². The van der Waals surface area contributed by atoms with Gasteiger partial charge in [0, 0.05) is 17.8 Å². The van der Waals surface area contributed by atoms with Crippen LogP contribution in [0.2, 0.25) is 0 Å². The van der Waals surface area contributed by atoms with Crippen LogP contribution in [0.15, 0.2) is 71.6 Å². The topological polar surface area (TPSA) is 66.5 Å². The quantitative estimate of drug-likeness (QED) is 0.702. The Morgan fingerprint density at radius 3 is 2.45 bits per heavy atom. The first kappa shape index (κ1) is 19.2. The normalized spacial score (nSPS) is 13.2. The second-order valence-corrected chi connectivity index (χ2v) is 8.89. The molecule has 0 saturated heterocycles. The zero-order valence-corrected chi connectivity index (χ0v) is 17.2. The lowest BCUT2D eigenvalue weighted by atomic mass is 10.1. The van der Waals surface area contributed by atoms with Crippen molar-refractivity contribution in [1.82, 2.24) is 0 Å². The Balaban J connectivity index is 1.68. The fourth-order valence-corrected chi connectivity index (χ4v) is 5.02. The first-order valence-corrected chi connectivity index (χ1v) is 10.9. The minimum atomic E-state index is -3.83. The van der Waals surface area contributed by atoms with Crippen LogP contribution < -0.4 is 9.62 Å². The van der Waals surface area contributed by atoms with Gasteiger partial charge >= 0.3 is 0 Å². The smallest absolute Gasteiger partial charge is 0.262 e. The van der Waals surface area contributed by atoms with Crippen LogP contribution in [0, 0.1) is 13.8 Å². The van der Waals surface area contributed by atoms with Crippen LogP contribution in [-0.4, -0.2) is 20.9 Å². The van der Waals surface area contributed by atoms with E-state index in [-0.39, 0.29) is 10.8 Å². The number of aryl methyl sites for hydroxylation is 2. The highest BCUT2D eigenvalue weighted by molar-refractivity contribution is 7.92. The predicted octanol–water partition coefficient (Wildman–Crippen LogP) is 4.31. The molecule has 1 heterocycles. The molecular formula is C23H22N2O3S. The number of hydrogen-bond donors (Lipinski definition) is 1. The Morgan fingerprint density at radius 2 is 1.66 bits per heavy atom. The Hall–Kier alpha value is -3.12. The van der Waals surface area contributed by atoms with E-state index in [1.807, 2.05) is 43.3 Å². The van der Waals surface area contributed by atoms with E-state index in [2.05, 4.69) is 4.72 Å². The maximum atomic E-state index is 13.1. The van der Waals surface area contributed by atoms with Crippen molar-refractivity contribution in [2.24, 2.45) is 0 Å². The van der Waals surface area contributed by atoms with Gasteiger partial charge in [-0.1, -0.05) is 42.5 Å². The lowest BCUT2D eigenvalue weighted by Gasteiger charge is -2.19. The van der Waals surface area contributed by atoms with Crippen molar-refractivity contribution in [2.45, 2.75) is 25.2 Å². The summed E-state index contributed by atoms with van der Waals surface area (Å²) < 4.78 is 28.7. The number of fused-ring (bicyclic) bond motifs is 1. The van der Waals surface area contributed by atoms with Crippen LogP contribution in [0.3, 0.4) is 0 Å². The molecule has 5 nitrogen and oxygen atoms in total. The number of nitrogens with one attached hydrogen (secondary N) is 1. The number of nitrogens with zero attached hydrogens (tertiary/aromatic N) is 1. The summed E-state index contributed by atoms with van der Waals surface area (Å²) >= 11 is 0. The summed E-state index contributed by atoms with van der Waals surface area (Å²) in [5, 5.41) is 0. The van der Waals surface area contributed by atoms with E-state index in [0.29, 0.717) is 23.4 Å². The Morgan fingerprint density at radius 1 is 0.931 bits per heavy atom. The number of carbonyl (C=O) groups excluding carboxylic acids is 1. The Bertz CT molecular complexity index is 1200. The molecule has 1 aliphatic rings. The predicted molar refractivity (Wildman–Crippen MR) is 115 cm³/mol. The molecule has 0 fully saturated rings.